The summed E-state index contributed by atoms with van der Waals surface area (Å²) in [5, 5.41) is 46.1. The van der Waals surface area contributed by atoms with E-state index in [1.54, 1.807) is 34.8 Å². The van der Waals surface area contributed by atoms with Gasteiger partial charge in [0, 0.05) is 38.0 Å². The van der Waals surface area contributed by atoms with E-state index in [9.17, 15) is 25.2 Å². The van der Waals surface area contributed by atoms with Gasteiger partial charge in [-0.25, -0.2) is 0 Å². The fraction of sp³-hybridized carbons (Fsp3) is 0.841. The molecule has 4 fully saturated rings. The van der Waals surface area contributed by atoms with Gasteiger partial charge in [-0.3, -0.25) is 9.69 Å². The third-order valence-electron chi connectivity index (χ3n) is 13.9. The lowest BCUT2D eigenvalue weighted by Crippen LogP contribution is -2.60. The summed E-state index contributed by atoms with van der Waals surface area (Å²) in [6.07, 6.45) is -7.90. The number of carbonyl (C=O) groups excluding carboxylic acids is 1. The van der Waals surface area contributed by atoms with Crippen LogP contribution >= 0.6 is 0 Å². The molecule has 4 saturated heterocycles. The predicted octanol–water partition coefficient (Wildman–Crippen LogP) is 4.20. The fourth-order valence-corrected chi connectivity index (χ4v) is 10.3. The first-order valence-electron chi connectivity index (χ1n) is 21.3. The highest BCUT2D eigenvalue weighted by Gasteiger charge is 2.59. The maximum absolute atomic E-state index is 14.5. The van der Waals surface area contributed by atoms with Crippen molar-refractivity contribution in [3.05, 3.63) is 29.8 Å². The van der Waals surface area contributed by atoms with Gasteiger partial charge in [0.1, 0.15) is 29.7 Å². The van der Waals surface area contributed by atoms with Crippen LogP contribution in [0, 0.1) is 23.7 Å². The Bertz CT molecular complexity index is 1500. The normalized spacial score (nSPS) is 44.2. The molecule has 5 rings (SSSR count). The van der Waals surface area contributed by atoms with E-state index in [4.69, 9.17) is 37.9 Å². The highest BCUT2D eigenvalue weighted by Crippen LogP contribution is 2.48. The lowest BCUT2D eigenvalue weighted by Gasteiger charge is -2.48. The van der Waals surface area contributed by atoms with Crippen LogP contribution in [0.25, 0.3) is 0 Å². The maximum atomic E-state index is 14.5. The number of nitrogens with zero attached hydrogens (tertiary/aromatic N) is 1. The summed E-state index contributed by atoms with van der Waals surface area (Å²) in [4.78, 5) is 16.6. The molecular formula is C44H73NO13. The van der Waals surface area contributed by atoms with Gasteiger partial charge in [0.2, 0.25) is 0 Å². The van der Waals surface area contributed by atoms with Crippen LogP contribution in [0.4, 0.5) is 0 Å². The van der Waals surface area contributed by atoms with Crippen LogP contribution in [0.5, 0.6) is 5.75 Å². The molecule has 0 aromatic heterocycles. The number of benzene rings is 1. The number of hydrogen-bond donors (Lipinski definition) is 4. The number of aliphatic hydroxyl groups is 4. The lowest BCUT2D eigenvalue weighted by molar-refractivity contribution is -0.318. The van der Waals surface area contributed by atoms with Gasteiger partial charge in [0.25, 0.3) is 0 Å². The van der Waals surface area contributed by atoms with E-state index < -0.39 is 102 Å². The summed E-state index contributed by atoms with van der Waals surface area (Å²) in [6, 6.07) is 7.53. The van der Waals surface area contributed by atoms with Crippen LogP contribution in [0.3, 0.4) is 0 Å². The fourth-order valence-electron chi connectivity index (χ4n) is 10.3. The second-order valence-corrected chi connectivity index (χ2v) is 18.6. The Balaban J connectivity index is 1.54. The Labute approximate surface area is 345 Å². The highest BCUT2D eigenvalue weighted by atomic mass is 16.7. The molecule has 4 heterocycles. The third-order valence-corrected chi connectivity index (χ3v) is 13.9. The van der Waals surface area contributed by atoms with Gasteiger partial charge in [0.15, 0.2) is 12.6 Å². The number of carbonyl (C=O) groups is 1. The van der Waals surface area contributed by atoms with E-state index in [2.05, 4.69) is 11.8 Å². The molecular weight excluding hydrogens is 750 g/mol. The first-order valence-corrected chi connectivity index (χ1v) is 21.3. The summed E-state index contributed by atoms with van der Waals surface area (Å²) < 4.78 is 51.0. The molecule has 1 aromatic carbocycles. The monoisotopic (exact) mass is 824 g/mol. The molecule has 0 aliphatic carbocycles. The average Bonchev–Trinajstić information content (AvgIpc) is 3.50. The minimum absolute atomic E-state index is 0.0868. The zero-order valence-corrected chi connectivity index (χ0v) is 37.0. The van der Waals surface area contributed by atoms with Crippen molar-refractivity contribution in [2.24, 2.45) is 23.7 Å². The quantitative estimate of drug-likeness (QED) is 0.221. The molecule has 0 unspecified atom stereocenters. The minimum atomic E-state index is -1.81. The van der Waals surface area contributed by atoms with E-state index in [1.165, 1.54) is 14.0 Å². The summed E-state index contributed by atoms with van der Waals surface area (Å²) >= 11 is 0. The number of esters is 1. The second-order valence-electron chi connectivity index (χ2n) is 18.6. The van der Waals surface area contributed by atoms with Crippen molar-refractivity contribution in [1.82, 2.24) is 4.90 Å². The van der Waals surface area contributed by atoms with Crippen LogP contribution in [0.2, 0.25) is 0 Å². The molecule has 332 valence electrons. The van der Waals surface area contributed by atoms with Crippen LogP contribution in [-0.2, 0) is 44.5 Å². The Kier molecular flexibility index (Phi) is 15.1. The zero-order valence-electron chi connectivity index (χ0n) is 37.0. The van der Waals surface area contributed by atoms with Gasteiger partial charge in [-0.15, -0.1) is 0 Å². The standard InChI is InChI=1S/C44H73NO13/c1-14-32(46)44(10,50)39-25(4)35-23(2)20-43(9,58-35)38(26(5)36(27(6)40(49)56-39)55-33-21-42(8,52-13)37(48)28(7)54-33)57-41-34(47)31(19-24(3)53-41)45(11)22-29-15-17-30(51-12)18-16-29/h15-18,23-28,31-39,41,46-48,50H,14,19-22H2,1-13H3/t23-,24-,25+,26+,27-,28+,31+,32-,33+,34-,35+,36+,37+,38-,39-,41+,42-,43-,44-/m1/s1. The van der Waals surface area contributed by atoms with Gasteiger partial charge < -0.3 is 58.3 Å². The van der Waals surface area contributed by atoms with E-state index in [0.717, 1.165) is 11.3 Å². The number of methoxy groups -OCH3 is 2. The highest BCUT2D eigenvalue weighted by molar-refractivity contribution is 5.73. The number of cyclic esters (lactones) is 1. The van der Waals surface area contributed by atoms with Gasteiger partial charge in [-0.2, -0.15) is 0 Å². The number of aliphatic hydroxyl groups excluding tert-OH is 3. The summed E-state index contributed by atoms with van der Waals surface area (Å²) in [7, 11) is 5.14. The van der Waals surface area contributed by atoms with Crippen LogP contribution in [0.15, 0.2) is 24.3 Å². The Morgan fingerprint density at radius 2 is 1.64 bits per heavy atom. The van der Waals surface area contributed by atoms with Gasteiger partial charge in [-0.05, 0) is 91.5 Å². The first-order chi connectivity index (χ1) is 27.1. The zero-order chi connectivity index (χ0) is 43.1. The number of likely N-dealkylation sites (N-methyl/N-ethyl adjacent to an activating group) is 1. The number of fused-ring (bicyclic) bond motifs is 2. The molecule has 4 N–H and O–H groups in total. The molecule has 0 amide bonds. The Morgan fingerprint density at radius 3 is 2.24 bits per heavy atom. The van der Waals surface area contributed by atoms with Crippen molar-refractivity contribution in [1.29, 1.82) is 0 Å². The van der Waals surface area contributed by atoms with Gasteiger partial charge in [-0.1, -0.05) is 39.8 Å². The molecule has 4 aliphatic rings. The van der Waals surface area contributed by atoms with Crippen molar-refractivity contribution >= 4 is 5.97 Å². The molecule has 58 heavy (non-hydrogen) atoms. The number of ether oxygens (including phenoxy) is 8. The molecule has 2 bridgehead atoms. The molecule has 14 heteroatoms. The Morgan fingerprint density at radius 1 is 0.983 bits per heavy atom. The van der Waals surface area contributed by atoms with Gasteiger partial charge >= 0.3 is 5.97 Å². The van der Waals surface area contributed by atoms with Crippen LogP contribution in [0.1, 0.15) is 100 Å². The van der Waals surface area contributed by atoms with E-state index in [0.29, 0.717) is 19.4 Å². The van der Waals surface area contributed by atoms with Crippen molar-refractivity contribution in [3.63, 3.8) is 0 Å². The molecule has 0 radical (unpaired) electrons. The molecule has 14 nitrogen and oxygen atoms in total. The van der Waals surface area contributed by atoms with Crippen molar-refractivity contribution in [2.75, 3.05) is 21.3 Å². The van der Waals surface area contributed by atoms with Gasteiger partial charge in [0.05, 0.1) is 60.9 Å². The summed E-state index contributed by atoms with van der Waals surface area (Å²) in [5.74, 6) is -2.04. The minimum Gasteiger partial charge on any atom is -0.497 e. The first kappa shape index (κ1) is 47.1. The molecule has 0 saturated carbocycles. The number of hydrogen-bond acceptors (Lipinski definition) is 14. The summed E-state index contributed by atoms with van der Waals surface area (Å²) in [6.45, 7) is 18.9. The van der Waals surface area contributed by atoms with Crippen molar-refractivity contribution < 1.29 is 63.1 Å². The smallest absolute Gasteiger partial charge is 0.311 e. The molecule has 1 aromatic rings. The largest absolute Gasteiger partial charge is 0.497 e. The van der Waals surface area contributed by atoms with Crippen molar-refractivity contribution in [3.8, 4) is 5.75 Å². The molecule has 19 atom stereocenters. The second kappa shape index (κ2) is 18.6. The summed E-state index contributed by atoms with van der Waals surface area (Å²) in [5.41, 5.74) is -2.75. The maximum Gasteiger partial charge on any atom is 0.311 e. The third kappa shape index (κ3) is 9.57. The topological polar surface area (TPSA) is 175 Å². The van der Waals surface area contributed by atoms with E-state index >= 15 is 0 Å². The average molecular weight is 824 g/mol. The van der Waals surface area contributed by atoms with Crippen molar-refractivity contribution in [2.45, 2.75) is 192 Å². The lowest BCUT2D eigenvalue weighted by atomic mass is 9.76. The predicted molar refractivity (Wildman–Crippen MR) is 215 cm³/mol. The van der Waals surface area contributed by atoms with Crippen LogP contribution < -0.4 is 4.74 Å². The van der Waals surface area contributed by atoms with Crippen LogP contribution in [-0.4, -0.2) is 143 Å². The van der Waals surface area contributed by atoms with E-state index in [1.807, 2.05) is 59.0 Å². The van der Waals surface area contributed by atoms with E-state index in [-0.39, 0.29) is 30.9 Å². The number of rotatable bonds is 12. The molecule has 0 spiro atoms. The Hall–Kier alpha value is -1.95. The SMILES string of the molecule is CC[C@@H](O)[C@@](C)(O)[C@@H]1OC(=O)[C@H](C)[C@@H](O[C@H]2C[C@@](C)(OC)[C@@H](O)[C@H](C)O2)[C@H](C)[C@@H](O[C@@H]2O[C@H](C)C[C@H](N(C)Cc3ccc(OC)cc3)[C@H]2O)[C@@]2(C)C[C@@H](C)[C@H](O2)[C@@H]1C. The molecule has 4 aliphatic heterocycles.